The summed E-state index contributed by atoms with van der Waals surface area (Å²) in [6, 6.07) is 0.365. The standard InChI is InChI=1S/C12H28N2O2S/c1-11(2)6-7-13-10-12(3)14(4)8-9-17(5,15)16/h11-13H,6-10H2,1-5H3. The number of sulfone groups is 1. The Hall–Kier alpha value is -0.130. The van der Waals surface area contributed by atoms with Gasteiger partial charge in [0.1, 0.15) is 9.84 Å². The van der Waals surface area contributed by atoms with E-state index in [1.54, 1.807) is 0 Å². The molecule has 0 aliphatic heterocycles. The monoisotopic (exact) mass is 264 g/mol. The summed E-state index contributed by atoms with van der Waals surface area (Å²) in [5.74, 6) is 0.959. The summed E-state index contributed by atoms with van der Waals surface area (Å²) in [7, 11) is -0.879. The van der Waals surface area contributed by atoms with Gasteiger partial charge in [-0.1, -0.05) is 13.8 Å². The average Bonchev–Trinajstić information content (AvgIpc) is 2.19. The smallest absolute Gasteiger partial charge is 0.148 e. The predicted molar refractivity (Wildman–Crippen MR) is 74.1 cm³/mol. The zero-order chi connectivity index (χ0) is 13.5. The maximum atomic E-state index is 11.1. The maximum Gasteiger partial charge on any atom is 0.148 e. The van der Waals surface area contributed by atoms with E-state index in [4.69, 9.17) is 0 Å². The second-order valence-corrected chi connectivity index (χ2v) is 7.61. The minimum Gasteiger partial charge on any atom is -0.315 e. The van der Waals surface area contributed by atoms with Crippen molar-refractivity contribution in [1.82, 2.24) is 10.2 Å². The van der Waals surface area contributed by atoms with E-state index < -0.39 is 9.84 Å². The molecule has 0 heterocycles. The number of rotatable bonds is 9. The molecule has 0 aliphatic rings. The molecule has 0 saturated heterocycles. The van der Waals surface area contributed by atoms with Crippen molar-refractivity contribution < 1.29 is 8.42 Å². The first-order valence-electron chi connectivity index (χ1n) is 6.31. The Bertz CT molecular complexity index is 289. The van der Waals surface area contributed by atoms with Gasteiger partial charge in [-0.15, -0.1) is 0 Å². The molecule has 0 amide bonds. The van der Waals surface area contributed by atoms with E-state index in [9.17, 15) is 8.42 Å². The van der Waals surface area contributed by atoms with Crippen molar-refractivity contribution in [2.24, 2.45) is 5.92 Å². The molecule has 0 bridgehead atoms. The van der Waals surface area contributed by atoms with Crippen molar-refractivity contribution in [2.75, 3.05) is 38.7 Å². The molecule has 104 valence electrons. The third-order valence-electron chi connectivity index (χ3n) is 2.91. The normalized spacial score (nSPS) is 14.5. The van der Waals surface area contributed by atoms with Crippen molar-refractivity contribution in [3.63, 3.8) is 0 Å². The number of hydrogen-bond acceptors (Lipinski definition) is 4. The number of nitrogens with one attached hydrogen (secondary N) is 1. The Kier molecular flexibility index (Phi) is 8.00. The second-order valence-electron chi connectivity index (χ2n) is 5.35. The van der Waals surface area contributed by atoms with Crippen LogP contribution >= 0.6 is 0 Å². The minimum absolute atomic E-state index is 0.236. The van der Waals surface area contributed by atoms with Crippen LogP contribution in [0.5, 0.6) is 0 Å². The number of likely N-dealkylation sites (N-methyl/N-ethyl adjacent to an activating group) is 1. The zero-order valence-corrected chi connectivity index (χ0v) is 12.7. The fourth-order valence-electron chi connectivity index (χ4n) is 1.39. The Morgan fingerprint density at radius 1 is 1.24 bits per heavy atom. The van der Waals surface area contributed by atoms with Crippen LogP contribution in [0.2, 0.25) is 0 Å². The molecule has 1 unspecified atom stereocenters. The van der Waals surface area contributed by atoms with Gasteiger partial charge in [0.15, 0.2) is 0 Å². The first-order chi connectivity index (χ1) is 7.72. The summed E-state index contributed by atoms with van der Waals surface area (Å²) in [4.78, 5) is 2.09. The molecule has 0 radical (unpaired) electrons. The van der Waals surface area contributed by atoms with Crippen LogP contribution in [0.3, 0.4) is 0 Å². The van der Waals surface area contributed by atoms with Crippen molar-refractivity contribution in [3.8, 4) is 0 Å². The molecule has 0 aromatic carbocycles. The molecule has 0 aliphatic carbocycles. The van der Waals surface area contributed by atoms with Gasteiger partial charge in [-0.25, -0.2) is 8.42 Å². The van der Waals surface area contributed by atoms with E-state index in [2.05, 4.69) is 31.0 Å². The van der Waals surface area contributed by atoms with Gasteiger partial charge >= 0.3 is 0 Å². The molecular weight excluding hydrogens is 236 g/mol. The first-order valence-corrected chi connectivity index (χ1v) is 8.37. The van der Waals surface area contributed by atoms with Crippen LogP contribution in [0.1, 0.15) is 27.2 Å². The lowest BCUT2D eigenvalue weighted by Crippen LogP contribution is -2.40. The van der Waals surface area contributed by atoms with Gasteiger partial charge in [0, 0.05) is 25.4 Å². The highest BCUT2D eigenvalue weighted by Crippen LogP contribution is 1.98. The lowest BCUT2D eigenvalue weighted by Gasteiger charge is -2.24. The molecule has 1 N–H and O–H groups in total. The molecule has 0 rings (SSSR count). The fraction of sp³-hybridized carbons (Fsp3) is 1.00. The van der Waals surface area contributed by atoms with E-state index in [1.165, 1.54) is 12.7 Å². The molecule has 0 saturated carbocycles. The lowest BCUT2D eigenvalue weighted by molar-refractivity contribution is 0.263. The lowest BCUT2D eigenvalue weighted by atomic mass is 10.1. The first kappa shape index (κ1) is 16.9. The van der Waals surface area contributed by atoms with Crippen LogP contribution in [0.25, 0.3) is 0 Å². The van der Waals surface area contributed by atoms with Crippen LogP contribution in [-0.2, 0) is 9.84 Å². The molecule has 0 fully saturated rings. The highest BCUT2D eigenvalue weighted by molar-refractivity contribution is 7.90. The van der Waals surface area contributed by atoms with Crippen LogP contribution in [0.15, 0.2) is 0 Å². The zero-order valence-electron chi connectivity index (χ0n) is 11.9. The molecule has 0 aromatic heterocycles. The Balaban J connectivity index is 3.71. The van der Waals surface area contributed by atoms with Crippen molar-refractivity contribution in [1.29, 1.82) is 0 Å². The Labute approximate surface area is 107 Å². The summed E-state index contributed by atoms with van der Waals surface area (Å²) >= 11 is 0. The molecular formula is C12H28N2O2S. The molecule has 0 aromatic rings. The molecule has 1 atom stereocenters. The summed E-state index contributed by atoms with van der Waals surface area (Å²) < 4.78 is 22.1. The Morgan fingerprint density at radius 2 is 1.82 bits per heavy atom. The van der Waals surface area contributed by atoms with Crippen molar-refractivity contribution in [3.05, 3.63) is 0 Å². The van der Waals surface area contributed by atoms with Crippen LogP contribution in [0.4, 0.5) is 0 Å². The summed E-state index contributed by atoms with van der Waals surface area (Å²) in [5, 5.41) is 3.40. The van der Waals surface area contributed by atoms with Crippen LogP contribution in [0, 0.1) is 5.92 Å². The summed E-state index contributed by atoms with van der Waals surface area (Å²) in [6.07, 6.45) is 2.46. The van der Waals surface area contributed by atoms with E-state index in [-0.39, 0.29) is 5.75 Å². The van der Waals surface area contributed by atoms with Gasteiger partial charge in [0.2, 0.25) is 0 Å². The average molecular weight is 264 g/mol. The van der Waals surface area contributed by atoms with Gasteiger partial charge < -0.3 is 10.2 Å². The van der Waals surface area contributed by atoms with E-state index >= 15 is 0 Å². The van der Waals surface area contributed by atoms with Crippen molar-refractivity contribution in [2.45, 2.75) is 33.2 Å². The number of nitrogens with zero attached hydrogens (tertiary/aromatic N) is 1. The summed E-state index contributed by atoms with van der Waals surface area (Å²) in [5.41, 5.74) is 0. The predicted octanol–water partition coefficient (Wildman–Crippen LogP) is 0.987. The van der Waals surface area contributed by atoms with Gasteiger partial charge in [-0.3, -0.25) is 0 Å². The molecule has 17 heavy (non-hydrogen) atoms. The Morgan fingerprint density at radius 3 is 2.29 bits per heavy atom. The molecule has 4 nitrogen and oxygen atoms in total. The maximum absolute atomic E-state index is 11.1. The topological polar surface area (TPSA) is 49.4 Å². The minimum atomic E-state index is -2.85. The van der Waals surface area contributed by atoms with Gasteiger partial charge in [-0.2, -0.15) is 0 Å². The van der Waals surface area contributed by atoms with Crippen LogP contribution < -0.4 is 5.32 Å². The van der Waals surface area contributed by atoms with Crippen LogP contribution in [-0.4, -0.2) is 58.1 Å². The van der Waals surface area contributed by atoms with E-state index in [0.29, 0.717) is 12.6 Å². The van der Waals surface area contributed by atoms with Gasteiger partial charge in [0.25, 0.3) is 0 Å². The molecule has 5 heteroatoms. The quantitative estimate of drug-likeness (QED) is 0.631. The van der Waals surface area contributed by atoms with Crippen molar-refractivity contribution >= 4 is 9.84 Å². The van der Waals surface area contributed by atoms with E-state index in [0.717, 1.165) is 19.0 Å². The molecule has 0 spiro atoms. The van der Waals surface area contributed by atoms with Gasteiger partial charge in [-0.05, 0) is 32.9 Å². The summed E-state index contributed by atoms with van der Waals surface area (Å²) in [6.45, 7) is 9.08. The SMILES string of the molecule is CC(C)CCNCC(C)N(C)CCS(C)(=O)=O. The highest BCUT2D eigenvalue weighted by Gasteiger charge is 2.11. The third-order valence-corrected chi connectivity index (χ3v) is 3.83. The van der Waals surface area contributed by atoms with Gasteiger partial charge in [0.05, 0.1) is 5.75 Å². The highest BCUT2D eigenvalue weighted by atomic mass is 32.2. The third kappa shape index (κ3) is 10.7. The fourth-order valence-corrected chi connectivity index (χ4v) is 2.01. The number of hydrogen-bond donors (Lipinski definition) is 1. The largest absolute Gasteiger partial charge is 0.315 e. The van der Waals surface area contributed by atoms with E-state index in [1.807, 2.05) is 7.05 Å². The second kappa shape index (κ2) is 8.06.